The van der Waals surface area contributed by atoms with Crippen LogP contribution in [-0.4, -0.2) is 26.0 Å². The van der Waals surface area contributed by atoms with E-state index in [1.54, 1.807) is 54.6 Å². The summed E-state index contributed by atoms with van der Waals surface area (Å²) in [6.07, 6.45) is 0. The highest BCUT2D eigenvalue weighted by molar-refractivity contribution is 6.46. The number of hydrogen-bond donors (Lipinski definition) is 1. The number of carbonyl (C=O) groups is 2. The van der Waals surface area contributed by atoms with Gasteiger partial charge in [-0.05, 0) is 54.4 Å². The summed E-state index contributed by atoms with van der Waals surface area (Å²) in [4.78, 5) is 28.2. The number of anilines is 2. The van der Waals surface area contributed by atoms with Gasteiger partial charge in [0.2, 0.25) is 0 Å². The fourth-order valence-corrected chi connectivity index (χ4v) is 3.75. The minimum atomic E-state index is -0.453. The molecule has 0 aliphatic carbocycles. The topological polar surface area (TPSA) is 67.9 Å². The van der Waals surface area contributed by atoms with Crippen molar-refractivity contribution in [2.24, 2.45) is 0 Å². The van der Waals surface area contributed by atoms with Crippen LogP contribution >= 0.6 is 11.6 Å². The van der Waals surface area contributed by atoms with Gasteiger partial charge in [0, 0.05) is 10.7 Å². The number of ether oxygens (including phenoxy) is 2. The van der Waals surface area contributed by atoms with E-state index in [-0.39, 0.29) is 11.3 Å². The van der Waals surface area contributed by atoms with Gasteiger partial charge in [0.25, 0.3) is 11.8 Å². The summed E-state index contributed by atoms with van der Waals surface area (Å²) in [7, 11) is 3.05. The van der Waals surface area contributed by atoms with E-state index in [2.05, 4.69) is 5.32 Å². The lowest BCUT2D eigenvalue weighted by Crippen LogP contribution is -2.32. The number of nitrogens with one attached hydrogen (secondary N) is 1. The number of para-hydroxylation sites is 1. The van der Waals surface area contributed by atoms with Gasteiger partial charge in [0.05, 0.1) is 25.5 Å². The number of nitrogens with zero attached hydrogens (tertiary/aromatic N) is 1. The van der Waals surface area contributed by atoms with E-state index in [9.17, 15) is 9.59 Å². The molecule has 2 amide bonds. The lowest BCUT2D eigenvalue weighted by Gasteiger charge is -2.15. The Morgan fingerprint density at radius 2 is 1.56 bits per heavy atom. The number of halogens is 1. The summed E-state index contributed by atoms with van der Waals surface area (Å²) in [6.45, 7) is 1.89. The fourth-order valence-electron chi connectivity index (χ4n) is 3.58. The van der Waals surface area contributed by atoms with Gasteiger partial charge < -0.3 is 14.8 Å². The van der Waals surface area contributed by atoms with Crippen LogP contribution in [0.1, 0.15) is 11.1 Å². The number of carbonyl (C=O) groups excluding carboxylic acids is 2. The van der Waals surface area contributed by atoms with Crippen molar-refractivity contribution in [2.45, 2.75) is 6.92 Å². The summed E-state index contributed by atoms with van der Waals surface area (Å²) < 4.78 is 10.7. The van der Waals surface area contributed by atoms with Crippen molar-refractivity contribution in [1.82, 2.24) is 0 Å². The molecule has 6 nitrogen and oxygen atoms in total. The van der Waals surface area contributed by atoms with E-state index < -0.39 is 11.8 Å². The molecule has 162 valence electrons. The van der Waals surface area contributed by atoms with Crippen molar-refractivity contribution in [1.29, 1.82) is 0 Å². The molecule has 0 atom stereocenters. The minimum absolute atomic E-state index is 0.163. The third kappa shape index (κ3) is 3.81. The SMILES string of the molecule is COc1ccc(C2=C(Nc3cc(Cl)ccc3C)C(=O)N(c3ccccc3)C2=O)cc1OC. The Balaban J connectivity index is 1.88. The second-order valence-corrected chi connectivity index (χ2v) is 7.62. The van der Waals surface area contributed by atoms with Crippen LogP contribution in [0.4, 0.5) is 11.4 Å². The minimum Gasteiger partial charge on any atom is -0.493 e. The zero-order valence-corrected chi connectivity index (χ0v) is 18.6. The number of amides is 2. The van der Waals surface area contributed by atoms with Gasteiger partial charge >= 0.3 is 0 Å². The molecule has 1 aliphatic rings. The van der Waals surface area contributed by atoms with Crippen molar-refractivity contribution in [3.63, 3.8) is 0 Å². The molecule has 3 aromatic rings. The molecule has 0 spiro atoms. The molecule has 1 heterocycles. The molecule has 0 unspecified atom stereocenters. The predicted octanol–water partition coefficient (Wildman–Crippen LogP) is 5.06. The van der Waals surface area contributed by atoms with Gasteiger partial charge in [-0.1, -0.05) is 41.9 Å². The number of aryl methyl sites for hydroxylation is 1. The van der Waals surface area contributed by atoms with Crippen molar-refractivity contribution in [2.75, 3.05) is 24.4 Å². The quantitative estimate of drug-likeness (QED) is 0.534. The fraction of sp³-hybridized carbons (Fsp3) is 0.120. The Labute approximate surface area is 191 Å². The van der Waals surface area contributed by atoms with E-state index in [1.165, 1.54) is 14.2 Å². The molecule has 3 aromatic carbocycles. The molecule has 0 aromatic heterocycles. The van der Waals surface area contributed by atoms with E-state index in [0.717, 1.165) is 10.5 Å². The van der Waals surface area contributed by atoms with Gasteiger partial charge in [-0.25, -0.2) is 4.90 Å². The molecule has 1 aliphatic heterocycles. The van der Waals surface area contributed by atoms with Crippen LogP contribution in [0.2, 0.25) is 5.02 Å². The van der Waals surface area contributed by atoms with Crippen molar-refractivity contribution < 1.29 is 19.1 Å². The molecule has 4 rings (SSSR count). The number of hydrogen-bond acceptors (Lipinski definition) is 5. The van der Waals surface area contributed by atoms with Gasteiger partial charge in [-0.15, -0.1) is 0 Å². The van der Waals surface area contributed by atoms with Crippen LogP contribution in [0.3, 0.4) is 0 Å². The summed E-state index contributed by atoms with van der Waals surface area (Å²) >= 11 is 6.17. The van der Waals surface area contributed by atoms with Gasteiger partial charge in [-0.3, -0.25) is 9.59 Å². The van der Waals surface area contributed by atoms with Crippen LogP contribution in [0.25, 0.3) is 5.57 Å². The maximum atomic E-state index is 13.5. The predicted molar refractivity (Wildman–Crippen MR) is 125 cm³/mol. The third-order valence-corrected chi connectivity index (χ3v) is 5.46. The molecule has 0 saturated carbocycles. The zero-order chi connectivity index (χ0) is 22.8. The monoisotopic (exact) mass is 448 g/mol. The van der Waals surface area contributed by atoms with E-state index >= 15 is 0 Å². The van der Waals surface area contributed by atoms with Gasteiger partial charge in [0.1, 0.15) is 5.70 Å². The lowest BCUT2D eigenvalue weighted by molar-refractivity contribution is -0.120. The van der Waals surface area contributed by atoms with E-state index in [4.69, 9.17) is 21.1 Å². The highest BCUT2D eigenvalue weighted by Crippen LogP contribution is 2.37. The highest BCUT2D eigenvalue weighted by Gasteiger charge is 2.40. The van der Waals surface area contributed by atoms with Crippen molar-refractivity contribution >= 4 is 40.4 Å². The Morgan fingerprint density at radius 1 is 0.844 bits per heavy atom. The lowest BCUT2D eigenvalue weighted by atomic mass is 10.0. The molecule has 0 fully saturated rings. The van der Waals surface area contributed by atoms with Crippen molar-refractivity contribution in [3.05, 3.63) is 88.6 Å². The second-order valence-electron chi connectivity index (χ2n) is 7.19. The van der Waals surface area contributed by atoms with Gasteiger partial charge in [0.15, 0.2) is 11.5 Å². The average molecular weight is 449 g/mol. The Kier molecular flexibility index (Phi) is 5.88. The first-order valence-electron chi connectivity index (χ1n) is 9.88. The van der Waals surface area contributed by atoms with Crippen LogP contribution in [-0.2, 0) is 9.59 Å². The van der Waals surface area contributed by atoms with Gasteiger partial charge in [-0.2, -0.15) is 0 Å². The number of benzene rings is 3. The third-order valence-electron chi connectivity index (χ3n) is 5.23. The molecule has 0 saturated heterocycles. The zero-order valence-electron chi connectivity index (χ0n) is 17.8. The molecular weight excluding hydrogens is 428 g/mol. The van der Waals surface area contributed by atoms with E-state index in [0.29, 0.717) is 33.5 Å². The van der Waals surface area contributed by atoms with E-state index in [1.807, 2.05) is 19.1 Å². The van der Waals surface area contributed by atoms with Crippen LogP contribution in [0.5, 0.6) is 11.5 Å². The first-order chi connectivity index (χ1) is 15.4. The summed E-state index contributed by atoms with van der Waals surface area (Å²) in [5, 5.41) is 3.67. The Hall–Kier alpha value is -3.77. The first-order valence-corrected chi connectivity index (χ1v) is 10.3. The normalized spacial score (nSPS) is 13.6. The molecule has 0 bridgehead atoms. The molecular formula is C25H21ClN2O4. The highest BCUT2D eigenvalue weighted by atomic mass is 35.5. The van der Waals surface area contributed by atoms with Crippen LogP contribution in [0.15, 0.2) is 72.4 Å². The van der Waals surface area contributed by atoms with Crippen LogP contribution < -0.4 is 19.7 Å². The molecule has 0 radical (unpaired) electrons. The van der Waals surface area contributed by atoms with Crippen molar-refractivity contribution in [3.8, 4) is 11.5 Å². The maximum absolute atomic E-state index is 13.5. The summed E-state index contributed by atoms with van der Waals surface area (Å²) in [5.74, 6) is 0.0869. The number of imide groups is 1. The summed E-state index contributed by atoms with van der Waals surface area (Å²) in [5.41, 5.74) is 2.94. The Bertz CT molecular complexity index is 1240. The number of methoxy groups -OCH3 is 2. The first kappa shape index (κ1) is 21.5. The van der Waals surface area contributed by atoms with Crippen LogP contribution in [0, 0.1) is 6.92 Å². The molecule has 32 heavy (non-hydrogen) atoms. The standard InChI is InChI=1S/C25H21ClN2O4/c1-15-9-11-17(26)14-19(15)27-23-22(16-10-12-20(31-2)21(13-16)32-3)24(29)28(25(23)30)18-7-5-4-6-8-18/h4-14,27H,1-3H3. The number of rotatable bonds is 6. The second kappa shape index (κ2) is 8.77. The summed E-state index contributed by atoms with van der Waals surface area (Å²) in [6, 6.07) is 19.3. The largest absolute Gasteiger partial charge is 0.493 e. The average Bonchev–Trinajstić information content (AvgIpc) is 3.05. The smallest absolute Gasteiger partial charge is 0.282 e. The molecule has 7 heteroatoms. The molecule has 1 N–H and O–H groups in total. The Morgan fingerprint density at radius 3 is 2.25 bits per heavy atom. The maximum Gasteiger partial charge on any atom is 0.282 e.